The number of carbonyl (C=O) groups is 1. The van der Waals surface area contributed by atoms with Crippen LogP contribution in [0, 0.1) is 0 Å². The zero-order valence-electron chi connectivity index (χ0n) is 13.2. The molecule has 1 amide bonds. The summed E-state index contributed by atoms with van der Waals surface area (Å²) in [5.74, 6) is 0.788. The molecule has 1 unspecified atom stereocenters. The number of nitrogens with one attached hydrogen (secondary N) is 1. The van der Waals surface area contributed by atoms with Gasteiger partial charge in [0, 0.05) is 28.7 Å². The monoisotopic (exact) mass is 306 g/mol. The van der Waals surface area contributed by atoms with Crippen LogP contribution in [0.3, 0.4) is 0 Å². The fourth-order valence-electron chi connectivity index (χ4n) is 3.35. The van der Waals surface area contributed by atoms with E-state index in [4.69, 9.17) is 4.74 Å². The number of amides is 1. The third-order valence-corrected chi connectivity index (χ3v) is 4.49. The molecular weight excluding hydrogens is 288 g/mol. The first kappa shape index (κ1) is 13.9. The van der Waals surface area contributed by atoms with Gasteiger partial charge in [-0.25, -0.2) is 0 Å². The highest BCUT2D eigenvalue weighted by Crippen LogP contribution is 2.33. The van der Waals surface area contributed by atoms with Crippen LogP contribution < -0.4 is 9.64 Å². The molecule has 1 aromatic heterocycles. The number of ether oxygens (including phenoxy) is 1. The molecule has 0 spiro atoms. The summed E-state index contributed by atoms with van der Waals surface area (Å²) in [6.45, 7) is 2.09. The van der Waals surface area contributed by atoms with E-state index in [1.54, 1.807) is 7.11 Å². The van der Waals surface area contributed by atoms with E-state index in [2.05, 4.69) is 18.0 Å². The number of benzene rings is 2. The Kier molecular flexibility index (Phi) is 3.11. The van der Waals surface area contributed by atoms with Crippen LogP contribution >= 0.6 is 0 Å². The summed E-state index contributed by atoms with van der Waals surface area (Å²) in [5.41, 5.74) is 3.76. The topological polar surface area (TPSA) is 45.3 Å². The molecule has 0 fully saturated rings. The molecule has 2 aromatic carbocycles. The van der Waals surface area contributed by atoms with E-state index in [1.165, 1.54) is 5.56 Å². The Morgan fingerprint density at radius 3 is 2.87 bits per heavy atom. The second-order valence-corrected chi connectivity index (χ2v) is 5.99. The van der Waals surface area contributed by atoms with Gasteiger partial charge < -0.3 is 14.6 Å². The smallest absolute Gasteiger partial charge is 0.274 e. The second-order valence-electron chi connectivity index (χ2n) is 5.99. The summed E-state index contributed by atoms with van der Waals surface area (Å²) in [6, 6.07) is 16.0. The lowest BCUT2D eigenvalue weighted by molar-refractivity contribution is 0.0977. The largest absolute Gasteiger partial charge is 0.497 e. The predicted molar refractivity (Wildman–Crippen MR) is 91.3 cm³/mol. The molecule has 1 aliphatic rings. The number of rotatable bonds is 2. The number of aromatic nitrogens is 1. The summed E-state index contributed by atoms with van der Waals surface area (Å²) >= 11 is 0. The standard InChI is InChI=1S/C19H18N2O2/c1-12-9-14-5-3-4-6-18(14)21(12)19(22)17-10-13-7-8-15(23-2)11-16(13)20-17/h3-8,10-12,20H,9H2,1-2H3. The van der Waals surface area contributed by atoms with Crippen LogP contribution in [0.1, 0.15) is 23.0 Å². The van der Waals surface area contributed by atoms with Crippen LogP contribution in [0.5, 0.6) is 5.75 Å². The molecular formula is C19H18N2O2. The van der Waals surface area contributed by atoms with Gasteiger partial charge in [0.1, 0.15) is 11.4 Å². The minimum Gasteiger partial charge on any atom is -0.497 e. The van der Waals surface area contributed by atoms with Crippen molar-refractivity contribution in [3.63, 3.8) is 0 Å². The molecule has 116 valence electrons. The molecule has 1 atom stereocenters. The van der Waals surface area contributed by atoms with Crippen molar-refractivity contribution in [2.24, 2.45) is 0 Å². The van der Waals surface area contributed by atoms with Gasteiger partial charge in [0.05, 0.1) is 7.11 Å². The SMILES string of the molecule is COc1ccc2cc(C(=O)N3c4ccccc4CC3C)[nH]c2c1. The first-order valence-electron chi connectivity index (χ1n) is 7.75. The number of aromatic amines is 1. The number of para-hydroxylation sites is 1. The quantitative estimate of drug-likeness (QED) is 0.783. The van der Waals surface area contributed by atoms with E-state index in [1.807, 2.05) is 47.4 Å². The number of carbonyl (C=O) groups excluding carboxylic acids is 1. The van der Waals surface area contributed by atoms with E-state index in [0.29, 0.717) is 5.69 Å². The number of nitrogens with zero attached hydrogens (tertiary/aromatic N) is 1. The lowest BCUT2D eigenvalue weighted by Gasteiger charge is -2.22. The number of anilines is 1. The highest BCUT2D eigenvalue weighted by atomic mass is 16.5. The number of H-pyrrole nitrogens is 1. The highest BCUT2D eigenvalue weighted by molar-refractivity contribution is 6.09. The Labute approximate surface area is 134 Å². The zero-order valence-corrected chi connectivity index (χ0v) is 13.2. The van der Waals surface area contributed by atoms with Gasteiger partial charge in [0.2, 0.25) is 0 Å². The first-order valence-corrected chi connectivity index (χ1v) is 7.75. The summed E-state index contributed by atoms with van der Waals surface area (Å²) in [5, 5.41) is 1.01. The molecule has 23 heavy (non-hydrogen) atoms. The van der Waals surface area contributed by atoms with Crippen LogP contribution in [0.25, 0.3) is 10.9 Å². The summed E-state index contributed by atoms with van der Waals surface area (Å²) in [4.78, 5) is 18.1. The van der Waals surface area contributed by atoms with E-state index < -0.39 is 0 Å². The fraction of sp³-hybridized carbons (Fsp3) is 0.211. The van der Waals surface area contributed by atoms with Crippen LogP contribution in [0.2, 0.25) is 0 Å². The minimum atomic E-state index is 0.0117. The van der Waals surface area contributed by atoms with Crippen molar-refractivity contribution < 1.29 is 9.53 Å². The Bertz CT molecular complexity index is 897. The van der Waals surface area contributed by atoms with Gasteiger partial charge in [-0.1, -0.05) is 18.2 Å². The van der Waals surface area contributed by atoms with Crippen LogP contribution in [0.4, 0.5) is 5.69 Å². The van der Waals surface area contributed by atoms with Crippen LogP contribution in [-0.2, 0) is 6.42 Å². The Hall–Kier alpha value is -2.75. The second kappa shape index (κ2) is 5.16. The average molecular weight is 306 g/mol. The maximum absolute atomic E-state index is 13.0. The predicted octanol–water partition coefficient (Wildman–Crippen LogP) is 3.77. The highest BCUT2D eigenvalue weighted by Gasteiger charge is 2.31. The van der Waals surface area contributed by atoms with Gasteiger partial charge in [-0.2, -0.15) is 0 Å². The first-order chi connectivity index (χ1) is 11.2. The van der Waals surface area contributed by atoms with Gasteiger partial charge in [-0.3, -0.25) is 4.79 Å². The van der Waals surface area contributed by atoms with E-state index in [0.717, 1.165) is 28.8 Å². The molecule has 0 bridgehead atoms. The van der Waals surface area contributed by atoms with Crippen LogP contribution in [0.15, 0.2) is 48.5 Å². The molecule has 3 aromatic rings. The molecule has 0 radical (unpaired) electrons. The Morgan fingerprint density at radius 1 is 1.22 bits per heavy atom. The number of methoxy groups -OCH3 is 1. The maximum atomic E-state index is 13.0. The molecule has 2 heterocycles. The van der Waals surface area contributed by atoms with E-state index in [9.17, 15) is 4.79 Å². The Morgan fingerprint density at radius 2 is 2.04 bits per heavy atom. The van der Waals surface area contributed by atoms with Crippen molar-refractivity contribution in [2.45, 2.75) is 19.4 Å². The van der Waals surface area contributed by atoms with Crippen molar-refractivity contribution in [1.29, 1.82) is 0 Å². The van der Waals surface area contributed by atoms with Gasteiger partial charge >= 0.3 is 0 Å². The average Bonchev–Trinajstić information content (AvgIpc) is 3.13. The number of fused-ring (bicyclic) bond motifs is 2. The van der Waals surface area contributed by atoms with Crippen molar-refractivity contribution in [2.75, 3.05) is 12.0 Å². The molecule has 0 saturated heterocycles. The Balaban J connectivity index is 1.74. The van der Waals surface area contributed by atoms with Gasteiger partial charge in [-0.15, -0.1) is 0 Å². The van der Waals surface area contributed by atoms with Gasteiger partial charge in [-0.05, 0) is 43.2 Å². The molecule has 0 saturated carbocycles. The van der Waals surface area contributed by atoms with Crippen molar-refractivity contribution >= 4 is 22.5 Å². The molecule has 4 rings (SSSR count). The van der Waals surface area contributed by atoms with Crippen molar-refractivity contribution in [1.82, 2.24) is 4.98 Å². The maximum Gasteiger partial charge on any atom is 0.274 e. The lowest BCUT2D eigenvalue weighted by Crippen LogP contribution is -2.35. The molecule has 4 nitrogen and oxygen atoms in total. The summed E-state index contributed by atoms with van der Waals surface area (Å²) in [7, 11) is 1.64. The third-order valence-electron chi connectivity index (χ3n) is 4.49. The van der Waals surface area contributed by atoms with Crippen LogP contribution in [-0.4, -0.2) is 24.0 Å². The lowest BCUT2D eigenvalue weighted by atomic mass is 10.1. The van der Waals surface area contributed by atoms with E-state index >= 15 is 0 Å². The van der Waals surface area contributed by atoms with E-state index in [-0.39, 0.29) is 11.9 Å². The third kappa shape index (κ3) is 2.18. The van der Waals surface area contributed by atoms with Crippen molar-refractivity contribution in [3.05, 3.63) is 59.8 Å². The number of hydrogen-bond donors (Lipinski definition) is 1. The van der Waals surface area contributed by atoms with Gasteiger partial charge in [0.15, 0.2) is 0 Å². The van der Waals surface area contributed by atoms with Crippen molar-refractivity contribution in [3.8, 4) is 5.75 Å². The summed E-state index contributed by atoms with van der Waals surface area (Å²) in [6.07, 6.45) is 0.899. The molecule has 1 aliphatic heterocycles. The number of hydrogen-bond acceptors (Lipinski definition) is 2. The minimum absolute atomic E-state index is 0.0117. The fourth-order valence-corrected chi connectivity index (χ4v) is 3.35. The zero-order chi connectivity index (χ0) is 16.0. The normalized spacial score (nSPS) is 16.6. The van der Waals surface area contributed by atoms with Gasteiger partial charge in [0.25, 0.3) is 5.91 Å². The molecule has 1 N–H and O–H groups in total. The molecule has 4 heteroatoms. The molecule has 0 aliphatic carbocycles. The summed E-state index contributed by atoms with van der Waals surface area (Å²) < 4.78 is 5.24.